The maximum Gasteiger partial charge on any atom is 0.124 e. The van der Waals surface area contributed by atoms with Gasteiger partial charge < -0.3 is 10.1 Å². The average Bonchev–Trinajstić information content (AvgIpc) is 2.08. The van der Waals surface area contributed by atoms with Gasteiger partial charge in [0.15, 0.2) is 0 Å². The molecular weight excluding hydrogens is 174 g/mol. The zero-order valence-corrected chi connectivity index (χ0v) is 7.98. The normalized spacial score (nSPS) is 9.92. The third-order valence-electron chi connectivity index (χ3n) is 1.62. The number of nitrogens with one attached hydrogen (secondary N) is 1. The highest BCUT2D eigenvalue weighted by molar-refractivity contribution is 6.30. The van der Waals surface area contributed by atoms with Gasteiger partial charge in [-0.1, -0.05) is 17.7 Å². The van der Waals surface area contributed by atoms with Crippen molar-refractivity contribution < 1.29 is 4.74 Å². The van der Waals surface area contributed by atoms with E-state index in [4.69, 9.17) is 16.3 Å². The van der Waals surface area contributed by atoms with Gasteiger partial charge in [0.05, 0.1) is 7.11 Å². The van der Waals surface area contributed by atoms with Crippen LogP contribution in [-0.2, 0) is 6.54 Å². The third-order valence-corrected chi connectivity index (χ3v) is 1.85. The lowest BCUT2D eigenvalue weighted by molar-refractivity contribution is 0.408. The fourth-order valence-electron chi connectivity index (χ4n) is 1.05. The van der Waals surface area contributed by atoms with Gasteiger partial charge in [0.2, 0.25) is 0 Å². The van der Waals surface area contributed by atoms with Crippen molar-refractivity contribution >= 4 is 11.6 Å². The maximum absolute atomic E-state index is 5.80. The Balaban J connectivity index is 2.94. The summed E-state index contributed by atoms with van der Waals surface area (Å²) in [6.45, 7) is 0.792. The summed E-state index contributed by atoms with van der Waals surface area (Å²) in [7, 11) is 3.54. The van der Waals surface area contributed by atoms with Crippen molar-refractivity contribution in [3.8, 4) is 5.75 Å². The number of hydrogen-bond donors (Lipinski definition) is 1. The van der Waals surface area contributed by atoms with Crippen LogP contribution < -0.4 is 10.1 Å². The lowest BCUT2D eigenvalue weighted by Gasteiger charge is -2.07. The van der Waals surface area contributed by atoms with Gasteiger partial charge in [-0.05, 0) is 19.2 Å². The molecule has 3 heteroatoms. The highest BCUT2D eigenvalue weighted by Gasteiger charge is 2.01. The molecule has 0 spiro atoms. The Morgan fingerprint density at radius 3 is 2.83 bits per heavy atom. The molecule has 0 saturated carbocycles. The van der Waals surface area contributed by atoms with E-state index >= 15 is 0 Å². The summed E-state index contributed by atoms with van der Waals surface area (Å²) in [5.41, 5.74) is 1.12. The van der Waals surface area contributed by atoms with Crippen LogP contribution in [0.15, 0.2) is 18.2 Å². The fraction of sp³-hybridized carbons (Fsp3) is 0.333. The molecule has 2 nitrogen and oxygen atoms in total. The Bertz CT molecular complexity index is 263. The summed E-state index contributed by atoms with van der Waals surface area (Å²) < 4.78 is 5.15. The topological polar surface area (TPSA) is 21.3 Å². The molecule has 0 saturated heterocycles. The maximum atomic E-state index is 5.80. The third kappa shape index (κ3) is 2.13. The van der Waals surface area contributed by atoms with Crippen LogP contribution in [0, 0.1) is 0 Å². The first-order chi connectivity index (χ1) is 5.77. The van der Waals surface area contributed by atoms with E-state index in [-0.39, 0.29) is 0 Å². The summed E-state index contributed by atoms with van der Waals surface area (Å²) >= 11 is 5.80. The number of hydrogen-bond acceptors (Lipinski definition) is 2. The summed E-state index contributed by atoms with van der Waals surface area (Å²) in [5.74, 6) is 0.830. The molecule has 0 heterocycles. The van der Waals surface area contributed by atoms with Crippen LogP contribution in [0.3, 0.4) is 0 Å². The molecule has 1 aromatic carbocycles. The Hall–Kier alpha value is -0.730. The first-order valence-electron chi connectivity index (χ1n) is 3.75. The summed E-state index contributed by atoms with van der Waals surface area (Å²) in [6.07, 6.45) is 0. The second-order valence-electron chi connectivity index (χ2n) is 2.49. The molecule has 12 heavy (non-hydrogen) atoms. The average molecular weight is 186 g/mol. The molecule has 0 atom stereocenters. The first-order valence-corrected chi connectivity index (χ1v) is 4.12. The summed E-state index contributed by atoms with van der Waals surface area (Å²) in [4.78, 5) is 0. The van der Waals surface area contributed by atoms with Crippen molar-refractivity contribution in [1.82, 2.24) is 5.32 Å². The van der Waals surface area contributed by atoms with Crippen LogP contribution in [-0.4, -0.2) is 14.2 Å². The number of halogens is 1. The zero-order valence-electron chi connectivity index (χ0n) is 7.23. The molecule has 0 amide bonds. The predicted molar refractivity (Wildman–Crippen MR) is 50.8 cm³/mol. The SMILES string of the molecule is CNCc1ccc(Cl)cc1OC. The molecule has 0 aliphatic rings. The Labute approximate surface area is 77.5 Å². The van der Waals surface area contributed by atoms with Crippen LogP contribution in [0.2, 0.25) is 5.02 Å². The van der Waals surface area contributed by atoms with Crippen molar-refractivity contribution in [2.75, 3.05) is 14.2 Å². The van der Waals surface area contributed by atoms with Crippen molar-refractivity contribution in [1.29, 1.82) is 0 Å². The highest BCUT2D eigenvalue weighted by atomic mass is 35.5. The van der Waals surface area contributed by atoms with E-state index in [1.54, 1.807) is 7.11 Å². The molecule has 0 aliphatic heterocycles. The van der Waals surface area contributed by atoms with Crippen LogP contribution in [0.25, 0.3) is 0 Å². The fourth-order valence-corrected chi connectivity index (χ4v) is 1.22. The summed E-state index contributed by atoms with van der Waals surface area (Å²) in [6, 6.07) is 5.63. The van der Waals surface area contributed by atoms with Crippen LogP contribution in [0.4, 0.5) is 0 Å². The van der Waals surface area contributed by atoms with Gasteiger partial charge in [0.1, 0.15) is 5.75 Å². The smallest absolute Gasteiger partial charge is 0.124 e. The van der Waals surface area contributed by atoms with E-state index < -0.39 is 0 Å². The van der Waals surface area contributed by atoms with Crippen molar-refractivity contribution in [2.24, 2.45) is 0 Å². The largest absolute Gasteiger partial charge is 0.496 e. The number of ether oxygens (including phenoxy) is 1. The molecule has 0 aromatic heterocycles. The Morgan fingerprint density at radius 2 is 2.25 bits per heavy atom. The molecule has 0 radical (unpaired) electrons. The van der Waals surface area contributed by atoms with Gasteiger partial charge in [-0.15, -0.1) is 0 Å². The summed E-state index contributed by atoms with van der Waals surface area (Å²) in [5, 5.41) is 3.76. The van der Waals surface area contributed by atoms with E-state index in [1.165, 1.54) is 0 Å². The molecular formula is C9H12ClNO. The van der Waals surface area contributed by atoms with E-state index in [0.717, 1.165) is 17.9 Å². The minimum absolute atomic E-state index is 0.701. The van der Waals surface area contributed by atoms with Crippen molar-refractivity contribution in [3.63, 3.8) is 0 Å². The van der Waals surface area contributed by atoms with E-state index in [0.29, 0.717) is 5.02 Å². The second kappa shape index (κ2) is 4.33. The zero-order chi connectivity index (χ0) is 8.97. The molecule has 1 rings (SSSR count). The quantitative estimate of drug-likeness (QED) is 0.779. The van der Waals surface area contributed by atoms with Gasteiger partial charge in [-0.2, -0.15) is 0 Å². The van der Waals surface area contributed by atoms with E-state index in [9.17, 15) is 0 Å². The molecule has 66 valence electrons. The second-order valence-corrected chi connectivity index (χ2v) is 2.92. The van der Waals surface area contributed by atoms with Gasteiger partial charge in [0, 0.05) is 17.1 Å². The highest BCUT2D eigenvalue weighted by Crippen LogP contribution is 2.22. The van der Waals surface area contributed by atoms with E-state index in [2.05, 4.69) is 5.32 Å². The Kier molecular flexibility index (Phi) is 3.38. The minimum Gasteiger partial charge on any atom is -0.496 e. The lowest BCUT2D eigenvalue weighted by atomic mass is 10.2. The minimum atomic E-state index is 0.701. The van der Waals surface area contributed by atoms with Gasteiger partial charge in [0.25, 0.3) is 0 Å². The van der Waals surface area contributed by atoms with Crippen LogP contribution in [0.1, 0.15) is 5.56 Å². The Morgan fingerprint density at radius 1 is 1.50 bits per heavy atom. The van der Waals surface area contributed by atoms with Gasteiger partial charge in [-0.25, -0.2) is 0 Å². The number of methoxy groups -OCH3 is 1. The molecule has 0 unspecified atom stereocenters. The van der Waals surface area contributed by atoms with Crippen LogP contribution >= 0.6 is 11.6 Å². The molecule has 1 N–H and O–H groups in total. The van der Waals surface area contributed by atoms with Crippen LogP contribution in [0.5, 0.6) is 5.75 Å². The molecule has 1 aromatic rings. The monoisotopic (exact) mass is 185 g/mol. The number of rotatable bonds is 3. The van der Waals surface area contributed by atoms with E-state index in [1.807, 2.05) is 25.2 Å². The van der Waals surface area contributed by atoms with Crippen molar-refractivity contribution in [2.45, 2.75) is 6.54 Å². The molecule has 0 aliphatic carbocycles. The molecule has 0 fully saturated rings. The number of benzene rings is 1. The van der Waals surface area contributed by atoms with Gasteiger partial charge in [-0.3, -0.25) is 0 Å². The predicted octanol–water partition coefficient (Wildman–Crippen LogP) is 2.07. The standard InChI is InChI=1S/C9H12ClNO/c1-11-6-7-3-4-8(10)5-9(7)12-2/h3-5,11H,6H2,1-2H3. The first kappa shape index (κ1) is 9.36. The van der Waals surface area contributed by atoms with Gasteiger partial charge >= 0.3 is 0 Å². The van der Waals surface area contributed by atoms with Crippen molar-refractivity contribution in [3.05, 3.63) is 28.8 Å². The molecule has 0 bridgehead atoms. The lowest BCUT2D eigenvalue weighted by Crippen LogP contribution is -2.06.